The van der Waals surface area contributed by atoms with Gasteiger partial charge in [0.2, 0.25) is 0 Å². The first-order chi connectivity index (χ1) is 15.4. The van der Waals surface area contributed by atoms with Gasteiger partial charge in [0, 0.05) is 11.8 Å². The minimum atomic E-state index is -4.33. The lowest BCUT2D eigenvalue weighted by molar-refractivity contribution is -0.205. The van der Waals surface area contributed by atoms with Gasteiger partial charge in [0.25, 0.3) is 11.4 Å². The Kier molecular flexibility index (Phi) is 5.51. The molecule has 32 heavy (non-hydrogen) atoms. The first-order valence-electron chi connectivity index (χ1n) is 9.68. The third-order valence-corrected chi connectivity index (χ3v) is 6.49. The van der Waals surface area contributed by atoms with Crippen LogP contribution in [0.5, 0.6) is 5.75 Å². The first kappa shape index (κ1) is 21.5. The van der Waals surface area contributed by atoms with Crippen molar-refractivity contribution in [2.24, 2.45) is 0 Å². The predicted octanol–water partition coefficient (Wildman–Crippen LogP) is 1.85. The number of hydrogen-bond acceptors (Lipinski definition) is 9. The third kappa shape index (κ3) is 3.93. The van der Waals surface area contributed by atoms with E-state index in [1.54, 1.807) is 25.1 Å². The molecule has 0 radical (unpaired) electrons. The maximum Gasteiger partial charge on any atom is 0.530 e. The number of benzene rings is 1. The van der Waals surface area contributed by atoms with Gasteiger partial charge in [-0.25, -0.2) is 8.96 Å². The van der Waals surface area contributed by atoms with Crippen LogP contribution in [0.4, 0.5) is 4.39 Å². The monoisotopic (exact) mass is 485 g/mol. The molecule has 2 aromatic rings. The average Bonchev–Trinajstić information content (AvgIpc) is 2.94. The molecule has 2 aliphatic heterocycles. The summed E-state index contributed by atoms with van der Waals surface area (Å²) >= 11 is 4.96. The minimum absolute atomic E-state index is 0.136. The number of hydrogen-bond donors (Lipinski definition) is 3. The van der Waals surface area contributed by atoms with Crippen LogP contribution < -0.4 is 10.1 Å². The lowest BCUT2D eigenvalue weighted by Crippen LogP contribution is -2.43. The van der Waals surface area contributed by atoms with Crippen LogP contribution in [0.3, 0.4) is 0 Å². The van der Waals surface area contributed by atoms with Gasteiger partial charge < -0.3 is 19.5 Å². The van der Waals surface area contributed by atoms with Crippen molar-refractivity contribution in [1.82, 2.24) is 9.55 Å². The predicted molar refractivity (Wildman–Crippen MR) is 110 cm³/mol. The standard InChI is InChI=1S/C19H18FN2O8PS/c1-3-11-7-22(18(32)21-16(11)25)17-13(23)15(24)19(20,29-17)9-28-31(26)27-8-12-6-4-5-10(2)14(12)30-31/h1,4-7,13,15,17,23-24H,8-9H2,2H3,(H,21,25,32)/t13-,15+,17-,19-,31?/m1/s1/i17D. The fourth-order valence-corrected chi connectivity index (χ4v) is 4.72. The summed E-state index contributed by atoms with van der Waals surface area (Å²) in [6.45, 7) is 0.338. The van der Waals surface area contributed by atoms with Crippen LogP contribution in [0.25, 0.3) is 0 Å². The molecule has 1 aromatic carbocycles. The van der Waals surface area contributed by atoms with Crippen molar-refractivity contribution in [2.75, 3.05) is 6.61 Å². The summed E-state index contributed by atoms with van der Waals surface area (Å²) in [6, 6.07) is 5.15. The van der Waals surface area contributed by atoms with Gasteiger partial charge in [-0.05, 0) is 24.7 Å². The highest BCUT2D eigenvalue weighted by molar-refractivity contribution is 7.71. The van der Waals surface area contributed by atoms with Crippen molar-refractivity contribution in [3.05, 3.63) is 56.2 Å². The van der Waals surface area contributed by atoms with Gasteiger partial charge in [-0.15, -0.1) is 6.42 Å². The van der Waals surface area contributed by atoms with E-state index in [4.69, 9.17) is 38.3 Å². The number of halogens is 1. The number of alkyl halides is 1. The molecule has 2 aliphatic rings. The second-order valence-corrected chi connectivity index (χ2v) is 9.06. The summed E-state index contributed by atoms with van der Waals surface area (Å²) < 4.78 is 57.7. The molecule has 10 nitrogen and oxygen atoms in total. The Morgan fingerprint density at radius 3 is 3.03 bits per heavy atom. The number of terminal acetylenes is 1. The van der Waals surface area contributed by atoms with E-state index >= 15 is 4.39 Å². The number of fused-ring (bicyclic) bond motifs is 1. The number of nitrogens with zero attached hydrogens (tertiary/aromatic N) is 1. The highest BCUT2D eigenvalue weighted by Crippen LogP contribution is 2.56. The van der Waals surface area contributed by atoms with Gasteiger partial charge in [-0.3, -0.25) is 23.4 Å². The number of H-pyrrole nitrogens is 1. The lowest BCUT2D eigenvalue weighted by atomic mass is 10.1. The van der Waals surface area contributed by atoms with E-state index < -0.39 is 49.0 Å². The van der Waals surface area contributed by atoms with Gasteiger partial charge >= 0.3 is 7.82 Å². The van der Waals surface area contributed by atoms with Crippen molar-refractivity contribution in [3.8, 4) is 18.1 Å². The van der Waals surface area contributed by atoms with Crippen molar-refractivity contribution in [1.29, 1.82) is 0 Å². The van der Waals surface area contributed by atoms with E-state index in [1.165, 1.54) is 0 Å². The normalized spacial score (nSPS) is 34.3. The first-order valence-corrected chi connectivity index (χ1v) is 11.0. The number of phosphoric ester groups is 1. The van der Waals surface area contributed by atoms with Gasteiger partial charge in [-0.2, -0.15) is 0 Å². The third-order valence-electron chi connectivity index (χ3n) is 4.90. The van der Waals surface area contributed by atoms with Gasteiger partial charge in [0.05, 0.1) is 7.98 Å². The number of aliphatic hydroxyl groups is 2. The molecule has 1 aromatic heterocycles. The van der Waals surface area contributed by atoms with Crippen molar-refractivity contribution < 1.29 is 38.8 Å². The molecule has 13 heteroatoms. The summed E-state index contributed by atoms with van der Waals surface area (Å²) in [7, 11) is -4.33. The number of rotatable bonds is 4. The Balaban J connectivity index is 1.60. The van der Waals surface area contributed by atoms with Crippen LogP contribution in [0.2, 0.25) is 0 Å². The fourth-order valence-electron chi connectivity index (χ4n) is 3.18. The summed E-state index contributed by atoms with van der Waals surface area (Å²) in [5.41, 5.74) is 0.222. The maximum absolute atomic E-state index is 15.6. The molecule has 1 unspecified atom stereocenters. The molecule has 0 spiro atoms. The zero-order valence-corrected chi connectivity index (χ0v) is 18.2. The van der Waals surface area contributed by atoms with Crippen molar-refractivity contribution in [2.45, 2.75) is 37.8 Å². The second-order valence-electron chi connectivity index (χ2n) is 7.08. The van der Waals surface area contributed by atoms with Crippen LogP contribution in [-0.4, -0.2) is 44.4 Å². The van der Waals surface area contributed by atoms with Gasteiger partial charge in [0.1, 0.15) is 30.1 Å². The van der Waals surface area contributed by atoms with E-state index in [2.05, 4.69) is 10.9 Å². The molecular formula is C19H18FN2O8PS. The molecule has 5 atom stereocenters. The molecule has 4 rings (SSSR count). The van der Waals surface area contributed by atoms with Crippen LogP contribution in [0, 0.1) is 24.0 Å². The number of aromatic amines is 1. The van der Waals surface area contributed by atoms with Crippen LogP contribution in [0.15, 0.2) is 29.2 Å². The molecule has 170 valence electrons. The quantitative estimate of drug-likeness (QED) is 0.337. The molecule has 0 amide bonds. The van der Waals surface area contributed by atoms with Gasteiger partial charge in [0.15, 0.2) is 11.0 Å². The number of aromatic nitrogens is 2. The smallest absolute Gasteiger partial charge is 0.403 e. The lowest BCUT2D eigenvalue weighted by Gasteiger charge is -2.29. The Morgan fingerprint density at radius 2 is 2.31 bits per heavy atom. The second kappa shape index (κ2) is 8.20. The summed E-state index contributed by atoms with van der Waals surface area (Å²) in [5.74, 6) is -0.930. The minimum Gasteiger partial charge on any atom is -0.403 e. The summed E-state index contributed by atoms with van der Waals surface area (Å²) in [4.78, 5) is 14.0. The molecule has 1 fully saturated rings. The zero-order valence-electron chi connectivity index (χ0n) is 17.5. The van der Waals surface area contributed by atoms with Crippen LogP contribution in [-0.2, 0) is 25.0 Å². The Labute approximate surface area is 187 Å². The van der Waals surface area contributed by atoms with E-state index in [9.17, 15) is 19.6 Å². The van der Waals surface area contributed by atoms with E-state index in [1.807, 2.05) is 0 Å². The number of para-hydroxylation sites is 1. The molecule has 0 aliphatic carbocycles. The Bertz CT molecular complexity index is 1330. The number of phosphoric acid groups is 1. The molecule has 0 bridgehead atoms. The Hall–Kier alpha value is -2.36. The topological polar surface area (TPSA) is 132 Å². The van der Waals surface area contributed by atoms with Crippen LogP contribution >= 0.6 is 20.0 Å². The number of aliphatic hydroxyl groups excluding tert-OH is 2. The Morgan fingerprint density at radius 1 is 1.56 bits per heavy atom. The largest absolute Gasteiger partial charge is 0.530 e. The molecule has 0 saturated carbocycles. The van der Waals surface area contributed by atoms with Crippen molar-refractivity contribution >= 4 is 20.0 Å². The van der Waals surface area contributed by atoms with E-state index in [-0.39, 0.29) is 17.9 Å². The maximum atomic E-state index is 15.6. The highest BCUT2D eigenvalue weighted by atomic mass is 32.1. The van der Waals surface area contributed by atoms with E-state index in [0.717, 1.165) is 6.20 Å². The molecule has 3 N–H and O–H groups in total. The average molecular weight is 485 g/mol. The summed E-state index contributed by atoms with van der Waals surface area (Å²) in [5, 5.41) is 20.8. The fraction of sp³-hybridized carbons (Fsp3) is 0.368. The SMILES string of the molecule is [2H][C@@]1(n2cc(C#C)c(=O)[nH]c2=S)O[C@](F)(COP2(=O)OCc3cccc(C)c3O2)[C@@H](O)[C@H]1O. The zero-order chi connectivity index (χ0) is 24.2. The van der Waals surface area contributed by atoms with Crippen molar-refractivity contribution in [3.63, 3.8) is 0 Å². The highest BCUT2D eigenvalue weighted by Gasteiger charge is 2.57. The number of aryl methyl sites for hydroxylation is 1. The molecule has 3 heterocycles. The number of nitrogens with one attached hydrogen (secondary N) is 1. The summed E-state index contributed by atoms with van der Waals surface area (Å²) in [6.07, 6.45) is -1.17. The molecule has 1 saturated heterocycles. The van der Waals surface area contributed by atoms with E-state index in [0.29, 0.717) is 15.7 Å². The number of ether oxygens (including phenoxy) is 1. The molecular weight excluding hydrogens is 466 g/mol. The van der Waals surface area contributed by atoms with Crippen LogP contribution in [0.1, 0.15) is 24.3 Å². The van der Waals surface area contributed by atoms with Gasteiger partial charge in [-0.1, -0.05) is 24.1 Å².